The third-order valence-corrected chi connectivity index (χ3v) is 6.36. The van der Waals surface area contributed by atoms with Crippen LogP contribution in [0.3, 0.4) is 0 Å². The molecule has 30 heavy (non-hydrogen) atoms. The molecule has 150 valence electrons. The predicted molar refractivity (Wildman–Crippen MR) is 124 cm³/mol. The first-order valence-electron chi connectivity index (χ1n) is 10.2. The van der Waals surface area contributed by atoms with E-state index in [1.54, 1.807) is 17.7 Å². The molecule has 0 unspecified atom stereocenters. The fourth-order valence-corrected chi connectivity index (χ4v) is 5.01. The van der Waals surface area contributed by atoms with E-state index < -0.39 is 0 Å². The van der Waals surface area contributed by atoms with Gasteiger partial charge in [-0.05, 0) is 60.6 Å². The summed E-state index contributed by atoms with van der Waals surface area (Å²) in [6.45, 7) is 1.50. The summed E-state index contributed by atoms with van der Waals surface area (Å²) in [4.78, 5) is 21.4. The van der Waals surface area contributed by atoms with E-state index in [4.69, 9.17) is 0 Å². The lowest BCUT2D eigenvalue weighted by molar-refractivity contribution is -0.114. The maximum absolute atomic E-state index is 11.4. The first-order chi connectivity index (χ1) is 14.7. The fourth-order valence-electron chi connectivity index (χ4n) is 4.10. The number of nitrogens with one attached hydrogen (secondary N) is 2. The van der Waals surface area contributed by atoms with Crippen molar-refractivity contribution in [3.63, 3.8) is 0 Å². The van der Waals surface area contributed by atoms with Crippen molar-refractivity contribution < 1.29 is 4.79 Å². The Morgan fingerprint density at radius 2 is 1.83 bits per heavy atom. The molecule has 5 nitrogen and oxygen atoms in total. The molecule has 2 aromatic heterocycles. The average molecular weight is 415 g/mol. The third kappa shape index (κ3) is 3.66. The summed E-state index contributed by atoms with van der Waals surface area (Å²) in [6, 6.07) is 14.5. The van der Waals surface area contributed by atoms with Crippen molar-refractivity contribution in [3.8, 4) is 11.1 Å². The van der Waals surface area contributed by atoms with Gasteiger partial charge in [0.15, 0.2) is 0 Å². The van der Waals surface area contributed by atoms with Crippen LogP contribution in [-0.4, -0.2) is 15.9 Å². The number of benzene rings is 2. The van der Waals surface area contributed by atoms with E-state index in [1.165, 1.54) is 42.9 Å². The van der Waals surface area contributed by atoms with Gasteiger partial charge >= 0.3 is 0 Å². The van der Waals surface area contributed by atoms with Gasteiger partial charge in [0.2, 0.25) is 5.91 Å². The Labute approximate surface area is 179 Å². The van der Waals surface area contributed by atoms with E-state index in [1.807, 2.05) is 24.3 Å². The molecule has 0 spiro atoms. The molecule has 5 rings (SSSR count). The highest BCUT2D eigenvalue weighted by atomic mass is 32.1. The van der Waals surface area contributed by atoms with Gasteiger partial charge in [-0.1, -0.05) is 24.3 Å². The molecule has 1 aliphatic rings. The zero-order valence-corrected chi connectivity index (χ0v) is 17.6. The molecule has 1 amide bonds. The third-order valence-electron chi connectivity index (χ3n) is 5.48. The summed E-state index contributed by atoms with van der Waals surface area (Å²) >= 11 is 1.63. The number of nitrogens with zero attached hydrogens (tertiary/aromatic N) is 2. The number of carbonyl (C=O) groups excluding carboxylic acids is 1. The van der Waals surface area contributed by atoms with Gasteiger partial charge in [0.25, 0.3) is 0 Å². The molecule has 6 heteroatoms. The minimum absolute atomic E-state index is 0.0934. The van der Waals surface area contributed by atoms with Crippen LogP contribution in [0.4, 0.5) is 17.2 Å². The zero-order valence-electron chi connectivity index (χ0n) is 16.7. The molecule has 1 aliphatic carbocycles. The first kappa shape index (κ1) is 18.8. The van der Waals surface area contributed by atoms with Gasteiger partial charge in [-0.2, -0.15) is 0 Å². The maximum Gasteiger partial charge on any atom is 0.221 e. The Hall–Kier alpha value is -3.25. The number of aryl methyl sites for hydroxylation is 2. The van der Waals surface area contributed by atoms with Gasteiger partial charge in [0, 0.05) is 29.2 Å². The highest BCUT2D eigenvalue weighted by Gasteiger charge is 2.16. The van der Waals surface area contributed by atoms with Crippen LogP contribution in [0.2, 0.25) is 0 Å². The molecule has 4 aromatic rings. The van der Waals surface area contributed by atoms with Crippen LogP contribution in [0.5, 0.6) is 0 Å². The molecular formula is C24H22N4OS. The molecular weight excluding hydrogens is 392 g/mol. The Balaban J connectivity index is 1.55. The molecule has 0 saturated heterocycles. The summed E-state index contributed by atoms with van der Waals surface area (Å²) < 4.78 is 0. The number of fused-ring (bicyclic) bond motifs is 2. The van der Waals surface area contributed by atoms with Gasteiger partial charge in [-0.25, -0.2) is 9.97 Å². The van der Waals surface area contributed by atoms with Gasteiger partial charge in [0.1, 0.15) is 17.0 Å². The highest BCUT2D eigenvalue weighted by molar-refractivity contribution is 7.17. The van der Waals surface area contributed by atoms with Crippen LogP contribution < -0.4 is 10.6 Å². The number of anilines is 3. The van der Waals surface area contributed by atoms with Crippen molar-refractivity contribution in [2.45, 2.75) is 32.6 Å². The monoisotopic (exact) mass is 414 g/mol. The minimum atomic E-state index is -0.0934. The molecule has 0 saturated carbocycles. The largest absolute Gasteiger partial charge is 0.340 e. The van der Waals surface area contributed by atoms with E-state index in [0.29, 0.717) is 0 Å². The normalized spacial score (nSPS) is 13.1. The Morgan fingerprint density at radius 1 is 1.00 bits per heavy atom. The molecule has 2 aromatic carbocycles. The van der Waals surface area contributed by atoms with Crippen LogP contribution in [0.15, 0.2) is 54.2 Å². The number of amides is 1. The van der Waals surface area contributed by atoms with Crippen LogP contribution in [0.25, 0.3) is 21.3 Å². The minimum Gasteiger partial charge on any atom is -0.340 e. The van der Waals surface area contributed by atoms with Gasteiger partial charge in [0.05, 0.1) is 5.39 Å². The second-order valence-electron chi connectivity index (χ2n) is 7.63. The fraction of sp³-hybridized carbons (Fsp3) is 0.208. The second-order valence-corrected chi connectivity index (χ2v) is 8.49. The number of carbonyl (C=O) groups is 1. The van der Waals surface area contributed by atoms with Gasteiger partial charge in [-0.3, -0.25) is 4.79 Å². The van der Waals surface area contributed by atoms with Crippen molar-refractivity contribution in [2.24, 2.45) is 0 Å². The lowest BCUT2D eigenvalue weighted by Crippen LogP contribution is -2.06. The standard InChI is InChI=1S/C24H22N4OS/c1-15(29)27-19-7-4-8-20(12-19)28-23-22-21(13-30-24(22)26-14-25-23)18-10-9-16-5-2-3-6-17(16)11-18/h4,7-14H,2-3,5-6H2,1H3,(H,27,29)(H,25,26,28). The smallest absolute Gasteiger partial charge is 0.221 e. The van der Waals surface area contributed by atoms with Crippen LogP contribution in [0.1, 0.15) is 30.9 Å². The molecule has 0 fully saturated rings. The van der Waals surface area contributed by atoms with E-state index in [0.717, 1.165) is 39.4 Å². The molecule has 2 N–H and O–H groups in total. The summed E-state index contributed by atoms with van der Waals surface area (Å²) in [5.41, 5.74) is 6.93. The van der Waals surface area contributed by atoms with Crippen molar-refractivity contribution in [2.75, 3.05) is 10.6 Å². The number of thiophene rings is 1. The Bertz CT molecular complexity index is 1250. The summed E-state index contributed by atoms with van der Waals surface area (Å²) in [5, 5.41) is 9.44. The number of hydrogen-bond donors (Lipinski definition) is 2. The van der Waals surface area contributed by atoms with Crippen molar-refractivity contribution >= 4 is 44.7 Å². The lowest BCUT2D eigenvalue weighted by atomic mass is 9.89. The SMILES string of the molecule is CC(=O)Nc1cccc(Nc2ncnc3scc(-c4ccc5c(c4)CCCC5)c23)c1. The summed E-state index contributed by atoms with van der Waals surface area (Å²) in [7, 11) is 0. The molecule has 0 atom stereocenters. The van der Waals surface area contributed by atoms with Crippen LogP contribution in [0, 0.1) is 0 Å². The molecule has 0 bridgehead atoms. The number of hydrogen-bond acceptors (Lipinski definition) is 5. The van der Waals surface area contributed by atoms with E-state index in [9.17, 15) is 4.79 Å². The van der Waals surface area contributed by atoms with E-state index in [2.05, 4.69) is 44.2 Å². The van der Waals surface area contributed by atoms with Gasteiger partial charge in [-0.15, -0.1) is 11.3 Å². The highest BCUT2D eigenvalue weighted by Crippen LogP contribution is 2.38. The summed E-state index contributed by atoms with van der Waals surface area (Å²) in [6.07, 6.45) is 6.48. The topological polar surface area (TPSA) is 66.9 Å². The first-order valence-corrected chi connectivity index (χ1v) is 11.0. The molecule has 2 heterocycles. The zero-order chi connectivity index (χ0) is 20.5. The Morgan fingerprint density at radius 3 is 2.70 bits per heavy atom. The maximum atomic E-state index is 11.4. The second kappa shape index (κ2) is 7.88. The predicted octanol–water partition coefficient (Wildman–Crippen LogP) is 5.94. The lowest BCUT2D eigenvalue weighted by Gasteiger charge is -2.16. The van der Waals surface area contributed by atoms with Crippen molar-refractivity contribution in [1.29, 1.82) is 0 Å². The Kier molecular flexibility index (Phi) is 4.93. The molecule has 0 aliphatic heterocycles. The van der Waals surface area contributed by atoms with Crippen molar-refractivity contribution in [3.05, 3.63) is 65.3 Å². The van der Waals surface area contributed by atoms with Crippen LogP contribution >= 0.6 is 11.3 Å². The number of aromatic nitrogens is 2. The van der Waals surface area contributed by atoms with E-state index >= 15 is 0 Å². The van der Waals surface area contributed by atoms with E-state index in [-0.39, 0.29) is 5.91 Å². The quantitative estimate of drug-likeness (QED) is 0.434. The van der Waals surface area contributed by atoms with Gasteiger partial charge < -0.3 is 10.6 Å². The number of rotatable bonds is 4. The molecule has 0 radical (unpaired) electrons. The van der Waals surface area contributed by atoms with Crippen LogP contribution in [-0.2, 0) is 17.6 Å². The summed E-state index contributed by atoms with van der Waals surface area (Å²) in [5.74, 6) is 0.679. The van der Waals surface area contributed by atoms with Crippen molar-refractivity contribution in [1.82, 2.24) is 9.97 Å². The average Bonchev–Trinajstić information content (AvgIpc) is 3.18.